The van der Waals surface area contributed by atoms with E-state index in [1.54, 1.807) is 11.3 Å². The lowest BCUT2D eigenvalue weighted by atomic mass is 10.3. The standard InChI is InChI=1S/C10H14N6S/c1-6-9(13-4-14-10(6)16-11)12-3-8-7(2)15-5-17-8/h4-5H,3,11H2,1-2H3,(H2,12,13,14,16). The Labute approximate surface area is 103 Å². The minimum atomic E-state index is 0.628. The van der Waals surface area contributed by atoms with Gasteiger partial charge in [-0.05, 0) is 13.8 Å². The van der Waals surface area contributed by atoms with E-state index in [2.05, 4.69) is 25.7 Å². The topological polar surface area (TPSA) is 88.8 Å². The first-order valence-electron chi connectivity index (χ1n) is 5.13. The van der Waals surface area contributed by atoms with Crippen LogP contribution in [0, 0.1) is 13.8 Å². The number of anilines is 2. The van der Waals surface area contributed by atoms with Crippen molar-refractivity contribution in [2.24, 2.45) is 5.84 Å². The van der Waals surface area contributed by atoms with E-state index in [4.69, 9.17) is 5.84 Å². The third-order valence-electron chi connectivity index (χ3n) is 2.48. The van der Waals surface area contributed by atoms with Crippen molar-refractivity contribution >= 4 is 23.0 Å². The van der Waals surface area contributed by atoms with Crippen LogP contribution in [0.1, 0.15) is 16.1 Å². The van der Waals surface area contributed by atoms with Crippen molar-refractivity contribution in [1.29, 1.82) is 0 Å². The van der Waals surface area contributed by atoms with E-state index in [9.17, 15) is 0 Å². The van der Waals surface area contributed by atoms with Gasteiger partial charge in [0.2, 0.25) is 0 Å². The molecule has 0 radical (unpaired) electrons. The molecule has 0 bridgehead atoms. The van der Waals surface area contributed by atoms with Crippen LogP contribution >= 0.6 is 11.3 Å². The van der Waals surface area contributed by atoms with Crippen LogP contribution in [0.4, 0.5) is 11.6 Å². The molecule has 0 fully saturated rings. The second kappa shape index (κ2) is 5.07. The van der Waals surface area contributed by atoms with Gasteiger partial charge in [0, 0.05) is 10.4 Å². The SMILES string of the molecule is Cc1ncsc1CNc1ncnc(NN)c1C. The highest BCUT2D eigenvalue weighted by atomic mass is 32.1. The quantitative estimate of drug-likeness (QED) is 0.562. The summed E-state index contributed by atoms with van der Waals surface area (Å²) >= 11 is 1.63. The van der Waals surface area contributed by atoms with Crippen LogP contribution in [-0.2, 0) is 6.54 Å². The van der Waals surface area contributed by atoms with Crippen molar-refractivity contribution in [3.05, 3.63) is 28.0 Å². The highest BCUT2D eigenvalue weighted by Crippen LogP contribution is 2.19. The van der Waals surface area contributed by atoms with Crippen LogP contribution < -0.4 is 16.6 Å². The highest BCUT2D eigenvalue weighted by molar-refractivity contribution is 7.09. The average Bonchev–Trinajstić information content (AvgIpc) is 2.74. The summed E-state index contributed by atoms with van der Waals surface area (Å²) in [6.07, 6.45) is 1.48. The molecule has 90 valence electrons. The molecular weight excluding hydrogens is 236 g/mol. The Hall–Kier alpha value is -1.73. The van der Waals surface area contributed by atoms with Gasteiger partial charge in [-0.3, -0.25) is 0 Å². The van der Waals surface area contributed by atoms with Crippen molar-refractivity contribution in [2.75, 3.05) is 10.7 Å². The predicted octanol–water partition coefficient (Wildman–Crippen LogP) is 1.45. The molecule has 0 amide bonds. The van der Waals surface area contributed by atoms with Gasteiger partial charge in [-0.15, -0.1) is 11.3 Å². The zero-order chi connectivity index (χ0) is 12.3. The molecule has 0 atom stereocenters. The van der Waals surface area contributed by atoms with Crippen LogP contribution in [0.2, 0.25) is 0 Å². The lowest BCUT2D eigenvalue weighted by Crippen LogP contribution is -2.12. The number of nitrogens with one attached hydrogen (secondary N) is 2. The Kier molecular flexibility index (Phi) is 3.50. The average molecular weight is 250 g/mol. The smallest absolute Gasteiger partial charge is 0.148 e. The number of hydrogen-bond donors (Lipinski definition) is 3. The fourth-order valence-electron chi connectivity index (χ4n) is 1.43. The van der Waals surface area contributed by atoms with E-state index in [1.807, 2.05) is 19.4 Å². The molecule has 0 aromatic carbocycles. The number of aryl methyl sites for hydroxylation is 1. The van der Waals surface area contributed by atoms with Gasteiger partial charge in [0.15, 0.2) is 0 Å². The maximum absolute atomic E-state index is 5.36. The zero-order valence-corrected chi connectivity index (χ0v) is 10.5. The van der Waals surface area contributed by atoms with Gasteiger partial charge in [-0.1, -0.05) is 0 Å². The summed E-state index contributed by atoms with van der Waals surface area (Å²) in [6.45, 7) is 4.61. The first kappa shape index (κ1) is 11.7. The molecule has 0 aliphatic heterocycles. The van der Waals surface area contributed by atoms with Gasteiger partial charge >= 0.3 is 0 Å². The molecule has 2 heterocycles. The molecule has 2 rings (SSSR count). The molecule has 0 unspecified atom stereocenters. The Morgan fingerprint density at radius 3 is 2.65 bits per heavy atom. The molecule has 0 saturated heterocycles. The van der Waals surface area contributed by atoms with Gasteiger partial charge in [-0.2, -0.15) is 0 Å². The second-order valence-corrected chi connectivity index (χ2v) is 4.49. The first-order valence-corrected chi connectivity index (χ1v) is 6.01. The fraction of sp³-hybridized carbons (Fsp3) is 0.300. The molecule has 0 spiro atoms. The largest absolute Gasteiger partial charge is 0.365 e. The summed E-state index contributed by atoms with van der Waals surface area (Å²) in [4.78, 5) is 13.6. The van der Waals surface area contributed by atoms with E-state index in [0.717, 1.165) is 17.1 Å². The number of nitrogen functional groups attached to an aromatic ring is 1. The van der Waals surface area contributed by atoms with Crippen LogP contribution in [0.15, 0.2) is 11.8 Å². The van der Waals surface area contributed by atoms with Crippen molar-refractivity contribution in [1.82, 2.24) is 15.0 Å². The minimum absolute atomic E-state index is 0.628. The molecule has 6 nitrogen and oxygen atoms in total. The Morgan fingerprint density at radius 1 is 1.24 bits per heavy atom. The lowest BCUT2D eigenvalue weighted by molar-refractivity contribution is 1.05. The number of nitrogens with two attached hydrogens (primary N) is 1. The van der Waals surface area contributed by atoms with Gasteiger partial charge in [0.05, 0.1) is 17.7 Å². The van der Waals surface area contributed by atoms with Crippen LogP contribution in [0.3, 0.4) is 0 Å². The van der Waals surface area contributed by atoms with Crippen LogP contribution in [-0.4, -0.2) is 15.0 Å². The minimum Gasteiger partial charge on any atom is -0.365 e. The second-order valence-electron chi connectivity index (χ2n) is 3.55. The number of thiazole rings is 1. The maximum Gasteiger partial charge on any atom is 0.148 e. The van der Waals surface area contributed by atoms with E-state index in [1.165, 1.54) is 11.2 Å². The maximum atomic E-state index is 5.36. The van der Waals surface area contributed by atoms with Crippen molar-refractivity contribution in [3.63, 3.8) is 0 Å². The monoisotopic (exact) mass is 250 g/mol. The normalized spacial score (nSPS) is 10.3. The third kappa shape index (κ3) is 2.51. The molecule has 17 heavy (non-hydrogen) atoms. The van der Waals surface area contributed by atoms with E-state index < -0.39 is 0 Å². The molecule has 4 N–H and O–H groups in total. The Balaban J connectivity index is 2.12. The van der Waals surface area contributed by atoms with Crippen LogP contribution in [0.25, 0.3) is 0 Å². The number of nitrogens with zero attached hydrogens (tertiary/aromatic N) is 3. The van der Waals surface area contributed by atoms with E-state index in [-0.39, 0.29) is 0 Å². The number of aromatic nitrogens is 3. The zero-order valence-electron chi connectivity index (χ0n) is 9.69. The van der Waals surface area contributed by atoms with Crippen molar-refractivity contribution in [3.8, 4) is 0 Å². The summed E-state index contributed by atoms with van der Waals surface area (Å²) in [5, 5.41) is 3.25. The molecule has 7 heteroatoms. The predicted molar refractivity (Wildman–Crippen MR) is 68.8 cm³/mol. The molecule has 0 aliphatic carbocycles. The van der Waals surface area contributed by atoms with Gasteiger partial charge in [0.25, 0.3) is 0 Å². The number of hydrazine groups is 1. The molecule has 0 saturated carbocycles. The van der Waals surface area contributed by atoms with E-state index in [0.29, 0.717) is 12.4 Å². The highest BCUT2D eigenvalue weighted by Gasteiger charge is 2.07. The molecular formula is C10H14N6S. The molecule has 2 aromatic rings. The van der Waals surface area contributed by atoms with E-state index >= 15 is 0 Å². The fourth-order valence-corrected chi connectivity index (χ4v) is 2.15. The number of rotatable bonds is 4. The Bertz CT molecular complexity index is 509. The molecule has 2 aromatic heterocycles. The van der Waals surface area contributed by atoms with Gasteiger partial charge < -0.3 is 10.7 Å². The van der Waals surface area contributed by atoms with Crippen molar-refractivity contribution in [2.45, 2.75) is 20.4 Å². The summed E-state index contributed by atoms with van der Waals surface area (Å²) in [6, 6.07) is 0. The van der Waals surface area contributed by atoms with Gasteiger partial charge in [-0.25, -0.2) is 20.8 Å². The first-order chi connectivity index (χ1) is 8.22. The van der Waals surface area contributed by atoms with Crippen LogP contribution in [0.5, 0.6) is 0 Å². The third-order valence-corrected chi connectivity index (χ3v) is 3.42. The summed E-state index contributed by atoms with van der Waals surface area (Å²) in [5.74, 6) is 6.77. The Morgan fingerprint density at radius 2 is 2.00 bits per heavy atom. The lowest BCUT2D eigenvalue weighted by Gasteiger charge is -2.10. The van der Waals surface area contributed by atoms with Crippen molar-refractivity contribution < 1.29 is 0 Å². The summed E-state index contributed by atoms with van der Waals surface area (Å²) in [5.41, 5.74) is 6.33. The summed E-state index contributed by atoms with van der Waals surface area (Å²) < 4.78 is 0. The molecule has 0 aliphatic rings. The summed E-state index contributed by atoms with van der Waals surface area (Å²) in [7, 11) is 0. The van der Waals surface area contributed by atoms with Gasteiger partial charge in [0.1, 0.15) is 18.0 Å². The number of hydrogen-bond acceptors (Lipinski definition) is 7.